The first-order chi connectivity index (χ1) is 11.6. The molecule has 0 unspecified atom stereocenters. The van der Waals surface area contributed by atoms with E-state index in [0.29, 0.717) is 12.0 Å². The molecule has 3 aromatic heterocycles. The number of thiazole rings is 1. The van der Waals surface area contributed by atoms with Gasteiger partial charge in [-0.1, -0.05) is 25.2 Å². The van der Waals surface area contributed by atoms with Crippen LogP contribution in [0.3, 0.4) is 0 Å². The van der Waals surface area contributed by atoms with Gasteiger partial charge in [0.2, 0.25) is 0 Å². The predicted octanol–water partition coefficient (Wildman–Crippen LogP) is 3.43. The van der Waals surface area contributed by atoms with Crippen LogP contribution in [0.1, 0.15) is 32.4 Å². The van der Waals surface area contributed by atoms with Crippen LogP contribution in [0.25, 0.3) is 21.0 Å². The zero-order valence-electron chi connectivity index (χ0n) is 14.1. The number of pyridine rings is 1. The molecule has 1 N–H and O–H groups in total. The lowest BCUT2D eigenvalue weighted by Gasteiger charge is -2.35. The molecule has 0 amide bonds. The normalized spacial score (nSPS) is 18.7. The highest BCUT2D eigenvalue weighted by atomic mass is 32.1. The van der Waals surface area contributed by atoms with Crippen molar-refractivity contribution in [2.24, 2.45) is 0 Å². The van der Waals surface area contributed by atoms with E-state index >= 15 is 0 Å². The highest BCUT2D eigenvalue weighted by molar-refractivity contribution is 7.21. The van der Waals surface area contributed by atoms with E-state index in [1.165, 1.54) is 5.69 Å². The Kier molecular flexibility index (Phi) is 3.97. The van der Waals surface area contributed by atoms with Gasteiger partial charge in [0.15, 0.2) is 0 Å². The fraction of sp³-hybridized carbons (Fsp3) is 0.471. The molecule has 0 aliphatic carbocycles. The highest BCUT2D eigenvalue weighted by Gasteiger charge is 2.24. The number of aromatic nitrogens is 4. The fourth-order valence-electron chi connectivity index (χ4n) is 3.00. The van der Waals surface area contributed by atoms with Crippen molar-refractivity contribution >= 4 is 27.4 Å². The van der Waals surface area contributed by atoms with Crippen LogP contribution in [0.4, 0.5) is 5.69 Å². The first-order valence-electron chi connectivity index (χ1n) is 8.29. The smallest absolute Gasteiger partial charge is 0.146 e. The minimum atomic E-state index is 0.335. The number of fused-ring (bicyclic) bond motifs is 1. The molecule has 0 aromatic carbocycles. The minimum Gasteiger partial charge on any atom is -0.377 e. The number of nitrogens with zero attached hydrogens (tertiary/aromatic N) is 4. The number of rotatable bonds is 3. The Hall–Kier alpha value is -1.99. The van der Waals surface area contributed by atoms with Gasteiger partial charge in [-0.05, 0) is 25.0 Å². The molecule has 7 heteroatoms. The van der Waals surface area contributed by atoms with Crippen molar-refractivity contribution in [2.75, 3.05) is 24.7 Å². The van der Waals surface area contributed by atoms with E-state index in [4.69, 9.17) is 14.7 Å². The molecule has 6 nitrogen and oxygen atoms in total. The van der Waals surface area contributed by atoms with Gasteiger partial charge in [0.05, 0.1) is 24.6 Å². The van der Waals surface area contributed by atoms with E-state index in [9.17, 15) is 0 Å². The monoisotopic (exact) mass is 343 g/mol. The number of hydrogen-bond donors (Lipinski definition) is 1. The lowest BCUT2D eigenvalue weighted by molar-refractivity contribution is 0.0990. The van der Waals surface area contributed by atoms with E-state index in [1.807, 2.05) is 6.07 Å². The SMILES string of the molecule is CC(C)c1cc(N2CCOC[C@H]2C)c2nc(-c3ccn[nH]3)sc2n1. The summed E-state index contributed by atoms with van der Waals surface area (Å²) in [6.45, 7) is 8.94. The number of hydrogen-bond acceptors (Lipinski definition) is 6. The van der Waals surface area contributed by atoms with Crippen LogP contribution in [0.15, 0.2) is 18.3 Å². The topological polar surface area (TPSA) is 66.9 Å². The summed E-state index contributed by atoms with van der Waals surface area (Å²) in [7, 11) is 0. The number of nitrogens with one attached hydrogen (secondary N) is 1. The van der Waals surface area contributed by atoms with E-state index in [0.717, 1.165) is 46.5 Å². The second-order valence-electron chi connectivity index (χ2n) is 6.48. The maximum atomic E-state index is 5.60. The van der Waals surface area contributed by atoms with E-state index < -0.39 is 0 Å². The minimum absolute atomic E-state index is 0.335. The second-order valence-corrected chi connectivity index (χ2v) is 7.46. The third kappa shape index (κ3) is 2.67. The quantitative estimate of drug-likeness (QED) is 0.789. The van der Waals surface area contributed by atoms with Crippen molar-refractivity contribution in [1.29, 1.82) is 0 Å². The molecular formula is C17H21N5OS. The van der Waals surface area contributed by atoms with Gasteiger partial charge in [0, 0.05) is 24.5 Å². The first kappa shape index (κ1) is 15.5. The van der Waals surface area contributed by atoms with Crippen LogP contribution in [-0.2, 0) is 4.74 Å². The number of H-pyrrole nitrogens is 1. The largest absolute Gasteiger partial charge is 0.377 e. The van der Waals surface area contributed by atoms with E-state index in [1.54, 1.807) is 17.5 Å². The van der Waals surface area contributed by atoms with Crippen molar-refractivity contribution in [3.05, 3.63) is 24.0 Å². The summed E-state index contributed by atoms with van der Waals surface area (Å²) in [5.74, 6) is 0.377. The predicted molar refractivity (Wildman–Crippen MR) is 96.7 cm³/mol. The summed E-state index contributed by atoms with van der Waals surface area (Å²) < 4.78 is 5.60. The summed E-state index contributed by atoms with van der Waals surface area (Å²) >= 11 is 1.61. The molecule has 126 valence electrons. The van der Waals surface area contributed by atoms with Crippen LogP contribution >= 0.6 is 11.3 Å². The van der Waals surface area contributed by atoms with Crippen LogP contribution in [0.5, 0.6) is 0 Å². The highest BCUT2D eigenvalue weighted by Crippen LogP contribution is 2.36. The molecule has 24 heavy (non-hydrogen) atoms. The molecule has 1 fully saturated rings. The Morgan fingerprint density at radius 3 is 2.96 bits per heavy atom. The van der Waals surface area contributed by atoms with Crippen LogP contribution in [0, 0.1) is 0 Å². The average molecular weight is 343 g/mol. The molecule has 1 saturated heterocycles. The molecule has 1 aliphatic heterocycles. The van der Waals surface area contributed by atoms with Crippen LogP contribution in [-0.4, -0.2) is 46.0 Å². The zero-order valence-corrected chi connectivity index (χ0v) is 14.9. The molecule has 3 aromatic rings. The van der Waals surface area contributed by atoms with Crippen LogP contribution in [0.2, 0.25) is 0 Å². The van der Waals surface area contributed by atoms with Gasteiger partial charge in [-0.3, -0.25) is 5.10 Å². The molecule has 0 radical (unpaired) electrons. The van der Waals surface area contributed by atoms with Gasteiger partial charge in [0.1, 0.15) is 15.4 Å². The standard InChI is InChI=1S/C17H21N5OS/c1-10(2)13-8-14(22-6-7-23-9-11(22)3)15-17(19-13)24-16(20-15)12-4-5-18-21-12/h4-5,8,10-11H,6-7,9H2,1-3H3,(H,18,21)/t11-/m1/s1. The number of morpholine rings is 1. The summed E-state index contributed by atoms with van der Waals surface area (Å²) in [6, 6.07) is 4.48. The van der Waals surface area contributed by atoms with Crippen molar-refractivity contribution < 1.29 is 4.74 Å². The molecule has 1 aliphatic rings. The molecule has 1 atom stereocenters. The molecular weight excluding hydrogens is 322 g/mol. The van der Waals surface area contributed by atoms with Gasteiger partial charge in [0.25, 0.3) is 0 Å². The van der Waals surface area contributed by atoms with Crippen molar-refractivity contribution in [3.8, 4) is 10.7 Å². The summed E-state index contributed by atoms with van der Waals surface area (Å²) in [6.07, 6.45) is 1.75. The third-order valence-electron chi connectivity index (χ3n) is 4.37. The molecule has 4 rings (SSSR count). The maximum absolute atomic E-state index is 5.60. The number of anilines is 1. The number of aromatic amines is 1. The molecule has 0 saturated carbocycles. The average Bonchev–Trinajstić information content (AvgIpc) is 3.23. The lowest BCUT2D eigenvalue weighted by Crippen LogP contribution is -2.43. The van der Waals surface area contributed by atoms with Gasteiger partial charge in [-0.25, -0.2) is 9.97 Å². The molecule has 0 spiro atoms. The van der Waals surface area contributed by atoms with Gasteiger partial charge in [-0.15, -0.1) is 0 Å². The number of ether oxygens (including phenoxy) is 1. The molecule has 0 bridgehead atoms. The Bertz CT molecular complexity index is 842. The van der Waals surface area contributed by atoms with Gasteiger partial charge < -0.3 is 9.64 Å². The van der Waals surface area contributed by atoms with E-state index in [-0.39, 0.29) is 0 Å². The molecule has 4 heterocycles. The fourth-order valence-corrected chi connectivity index (χ4v) is 3.94. The summed E-state index contributed by atoms with van der Waals surface area (Å²) in [5.41, 5.74) is 4.19. The van der Waals surface area contributed by atoms with Gasteiger partial charge >= 0.3 is 0 Å². The Morgan fingerprint density at radius 1 is 1.38 bits per heavy atom. The lowest BCUT2D eigenvalue weighted by atomic mass is 10.1. The van der Waals surface area contributed by atoms with Crippen LogP contribution < -0.4 is 4.90 Å². The third-order valence-corrected chi connectivity index (χ3v) is 5.35. The van der Waals surface area contributed by atoms with Crippen molar-refractivity contribution in [2.45, 2.75) is 32.7 Å². The van der Waals surface area contributed by atoms with Gasteiger partial charge in [-0.2, -0.15) is 5.10 Å². The Labute approximate surface area is 144 Å². The maximum Gasteiger partial charge on any atom is 0.146 e. The first-order valence-corrected chi connectivity index (χ1v) is 9.10. The summed E-state index contributed by atoms with van der Waals surface area (Å²) in [5, 5.41) is 7.96. The summed E-state index contributed by atoms with van der Waals surface area (Å²) in [4.78, 5) is 13.1. The Morgan fingerprint density at radius 2 is 2.25 bits per heavy atom. The second kappa shape index (κ2) is 6.14. The Balaban J connectivity index is 1.89. The van der Waals surface area contributed by atoms with E-state index in [2.05, 4.69) is 41.9 Å². The zero-order chi connectivity index (χ0) is 16.7. The van der Waals surface area contributed by atoms with Crippen molar-refractivity contribution in [1.82, 2.24) is 20.2 Å². The van der Waals surface area contributed by atoms with Crippen molar-refractivity contribution in [3.63, 3.8) is 0 Å².